The molecule has 19 heavy (non-hydrogen) atoms. The molecule has 1 aliphatic rings. The summed E-state index contributed by atoms with van der Waals surface area (Å²) in [5, 5.41) is 10.2. The zero-order valence-electron chi connectivity index (χ0n) is 11.4. The molecule has 0 fully saturated rings. The Labute approximate surface area is 114 Å². The summed E-state index contributed by atoms with van der Waals surface area (Å²) in [6.07, 6.45) is 5.31. The number of benzene rings is 1. The van der Waals surface area contributed by atoms with Crippen LogP contribution in [0.2, 0.25) is 0 Å². The van der Waals surface area contributed by atoms with E-state index in [1.165, 1.54) is 5.56 Å². The lowest BCUT2D eigenvalue weighted by molar-refractivity contribution is -0.181. The third-order valence-corrected chi connectivity index (χ3v) is 3.27. The normalized spacial score (nSPS) is 24.3. The first-order valence-electron chi connectivity index (χ1n) is 6.95. The number of aliphatic hydroxyl groups is 1. The van der Waals surface area contributed by atoms with Crippen LogP contribution in [0.15, 0.2) is 42.5 Å². The van der Waals surface area contributed by atoms with Gasteiger partial charge in [0.05, 0.1) is 6.10 Å². The molecule has 1 aliphatic heterocycles. The van der Waals surface area contributed by atoms with Gasteiger partial charge in [0.25, 0.3) is 0 Å². The second kappa shape index (κ2) is 7.43. The van der Waals surface area contributed by atoms with Crippen LogP contribution in [0.3, 0.4) is 0 Å². The number of ether oxygens (including phenoxy) is 2. The minimum absolute atomic E-state index is 0.216. The van der Waals surface area contributed by atoms with Crippen LogP contribution in [-0.4, -0.2) is 30.2 Å². The number of hydrogen-bond acceptors (Lipinski definition) is 3. The Morgan fingerprint density at radius 3 is 2.89 bits per heavy atom. The first-order valence-corrected chi connectivity index (χ1v) is 6.95. The Hall–Kier alpha value is -1.16. The Kier molecular flexibility index (Phi) is 5.58. The summed E-state index contributed by atoms with van der Waals surface area (Å²) < 4.78 is 11.2. The SMILES string of the molecule is CCO[C@@H]1CC=C[C@H]([C@H](O)CCc2ccccc2)O1. The summed E-state index contributed by atoms with van der Waals surface area (Å²) in [5.74, 6) is 0. The van der Waals surface area contributed by atoms with E-state index in [1.54, 1.807) is 0 Å². The minimum Gasteiger partial charge on any atom is -0.390 e. The highest BCUT2D eigenvalue weighted by Gasteiger charge is 2.24. The number of aliphatic hydroxyl groups excluding tert-OH is 1. The standard InChI is InChI=1S/C16H22O3/c1-2-18-16-10-6-9-15(19-16)14(17)12-11-13-7-4-3-5-8-13/h3-9,14-17H,2,10-12H2,1H3/t14-,15-,16+/m1/s1. The van der Waals surface area contributed by atoms with E-state index in [2.05, 4.69) is 12.1 Å². The quantitative estimate of drug-likeness (QED) is 0.801. The zero-order chi connectivity index (χ0) is 13.5. The zero-order valence-corrected chi connectivity index (χ0v) is 11.4. The molecule has 0 aromatic heterocycles. The van der Waals surface area contributed by atoms with Gasteiger partial charge in [-0.25, -0.2) is 0 Å². The molecule has 2 rings (SSSR count). The van der Waals surface area contributed by atoms with Crippen LogP contribution in [0.1, 0.15) is 25.3 Å². The van der Waals surface area contributed by atoms with E-state index < -0.39 is 6.10 Å². The van der Waals surface area contributed by atoms with Crippen LogP contribution in [0.5, 0.6) is 0 Å². The second-order valence-corrected chi connectivity index (χ2v) is 4.74. The van der Waals surface area contributed by atoms with Crippen molar-refractivity contribution >= 4 is 0 Å². The summed E-state index contributed by atoms with van der Waals surface area (Å²) in [6.45, 7) is 2.58. The second-order valence-electron chi connectivity index (χ2n) is 4.74. The highest BCUT2D eigenvalue weighted by molar-refractivity contribution is 5.15. The van der Waals surface area contributed by atoms with Gasteiger partial charge in [-0.3, -0.25) is 0 Å². The van der Waals surface area contributed by atoms with Gasteiger partial charge in [0.2, 0.25) is 0 Å². The number of rotatable bonds is 6. The first-order chi connectivity index (χ1) is 9.29. The van der Waals surface area contributed by atoms with Gasteiger partial charge in [-0.05, 0) is 25.3 Å². The molecular formula is C16H22O3. The molecule has 1 aromatic rings. The minimum atomic E-state index is -0.486. The highest BCUT2D eigenvalue weighted by atomic mass is 16.7. The lowest BCUT2D eigenvalue weighted by atomic mass is 10.0. The largest absolute Gasteiger partial charge is 0.390 e. The van der Waals surface area contributed by atoms with Crippen molar-refractivity contribution in [3.8, 4) is 0 Å². The fraction of sp³-hybridized carbons (Fsp3) is 0.500. The molecule has 0 saturated carbocycles. The van der Waals surface area contributed by atoms with Crippen LogP contribution < -0.4 is 0 Å². The maximum Gasteiger partial charge on any atom is 0.161 e. The van der Waals surface area contributed by atoms with E-state index in [0.717, 1.165) is 12.8 Å². The lowest BCUT2D eigenvalue weighted by Gasteiger charge is -2.28. The fourth-order valence-electron chi connectivity index (χ4n) is 2.24. The van der Waals surface area contributed by atoms with E-state index in [9.17, 15) is 5.11 Å². The van der Waals surface area contributed by atoms with Gasteiger partial charge >= 0.3 is 0 Å². The van der Waals surface area contributed by atoms with E-state index >= 15 is 0 Å². The van der Waals surface area contributed by atoms with Crippen LogP contribution in [0.25, 0.3) is 0 Å². The maximum absolute atomic E-state index is 10.2. The van der Waals surface area contributed by atoms with Crippen molar-refractivity contribution in [3.05, 3.63) is 48.0 Å². The van der Waals surface area contributed by atoms with E-state index in [-0.39, 0.29) is 12.4 Å². The van der Waals surface area contributed by atoms with E-state index in [1.807, 2.05) is 37.3 Å². The van der Waals surface area contributed by atoms with Crippen LogP contribution in [0.4, 0.5) is 0 Å². The number of aryl methyl sites for hydroxylation is 1. The van der Waals surface area contributed by atoms with Gasteiger partial charge in [0.15, 0.2) is 6.29 Å². The van der Waals surface area contributed by atoms with Crippen molar-refractivity contribution in [2.75, 3.05) is 6.61 Å². The van der Waals surface area contributed by atoms with Gasteiger partial charge in [-0.1, -0.05) is 42.5 Å². The summed E-state index contributed by atoms with van der Waals surface area (Å²) in [6, 6.07) is 10.2. The summed E-state index contributed by atoms with van der Waals surface area (Å²) >= 11 is 0. The van der Waals surface area contributed by atoms with Gasteiger partial charge < -0.3 is 14.6 Å². The van der Waals surface area contributed by atoms with Crippen LogP contribution >= 0.6 is 0 Å². The Balaban J connectivity index is 1.81. The van der Waals surface area contributed by atoms with Crippen LogP contribution in [-0.2, 0) is 15.9 Å². The molecule has 0 spiro atoms. The molecule has 0 unspecified atom stereocenters. The van der Waals surface area contributed by atoms with Crippen LogP contribution in [0, 0.1) is 0 Å². The summed E-state index contributed by atoms with van der Waals surface area (Å²) in [7, 11) is 0. The maximum atomic E-state index is 10.2. The van der Waals surface area contributed by atoms with Gasteiger partial charge in [-0.2, -0.15) is 0 Å². The van der Waals surface area contributed by atoms with Crippen molar-refractivity contribution in [1.82, 2.24) is 0 Å². The monoisotopic (exact) mass is 262 g/mol. The lowest BCUT2D eigenvalue weighted by Crippen LogP contribution is -2.35. The van der Waals surface area contributed by atoms with Gasteiger partial charge in [-0.15, -0.1) is 0 Å². The Morgan fingerprint density at radius 2 is 2.16 bits per heavy atom. The predicted molar refractivity (Wildman–Crippen MR) is 74.8 cm³/mol. The first kappa shape index (κ1) is 14.3. The average Bonchev–Trinajstić information content (AvgIpc) is 2.46. The average molecular weight is 262 g/mol. The Morgan fingerprint density at radius 1 is 1.37 bits per heavy atom. The summed E-state index contributed by atoms with van der Waals surface area (Å²) in [4.78, 5) is 0. The van der Waals surface area contributed by atoms with E-state index in [4.69, 9.17) is 9.47 Å². The molecule has 1 N–H and O–H groups in total. The highest BCUT2D eigenvalue weighted by Crippen LogP contribution is 2.18. The van der Waals surface area contributed by atoms with Crippen molar-refractivity contribution in [2.24, 2.45) is 0 Å². The molecule has 1 aromatic carbocycles. The fourth-order valence-corrected chi connectivity index (χ4v) is 2.24. The molecule has 0 amide bonds. The smallest absolute Gasteiger partial charge is 0.161 e. The third-order valence-electron chi connectivity index (χ3n) is 3.27. The van der Waals surface area contributed by atoms with Crippen molar-refractivity contribution in [3.63, 3.8) is 0 Å². The van der Waals surface area contributed by atoms with Crippen molar-refractivity contribution in [2.45, 2.75) is 44.7 Å². The molecule has 3 nitrogen and oxygen atoms in total. The Bertz CT molecular complexity index is 388. The van der Waals surface area contributed by atoms with Crippen molar-refractivity contribution < 1.29 is 14.6 Å². The van der Waals surface area contributed by atoms with E-state index in [0.29, 0.717) is 13.0 Å². The topological polar surface area (TPSA) is 38.7 Å². The van der Waals surface area contributed by atoms with Gasteiger partial charge in [0.1, 0.15) is 6.10 Å². The number of hydrogen-bond donors (Lipinski definition) is 1. The molecule has 0 saturated heterocycles. The molecule has 0 radical (unpaired) electrons. The molecule has 0 aliphatic carbocycles. The molecule has 0 bridgehead atoms. The third kappa shape index (κ3) is 4.46. The molecular weight excluding hydrogens is 240 g/mol. The molecule has 3 atom stereocenters. The van der Waals surface area contributed by atoms with Crippen molar-refractivity contribution in [1.29, 1.82) is 0 Å². The molecule has 1 heterocycles. The molecule has 104 valence electrons. The predicted octanol–water partition coefficient (Wildman–Crippen LogP) is 2.69. The summed E-state index contributed by atoms with van der Waals surface area (Å²) in [5.41, 5.74) is 1.24. The molecule has 3 heteroatoms. The van der Waals surface area contributed by atoms with Gasteiger partial charge in [0, 0.05) is 13.0 Å².